The summed E-state index contributed by atoms with van der Waals surface area (Å²) in [5.74, 6) is -13.9. The van der Waals surface area contributed by atoms with Crippen molar-refractivity contribution in [2.75, 3.05) is 39.6 Å². The number of carboxylic acids is 2. The number of aliphatic hydroxyl groups is 17. The summed E-state index contributed by atoms with van der Waals surface area (Å²) in [7, 11) is 0. The summed E-state index contributed by atoms with van der Waals surface area (Å²) in [5, 5.41) is 211. The summed E-state index contributed by atoms with van der Waals surface area (Å²) < 4.78 is 73.1. The Hall–Kier alpha value is -3.85. The summed E-state index contributed by atoms with van der Waals surface area (Å²) in [6.07, 6.45) is -61.9. The largest absolute Gasteiger partial charge is 0.477 e. The topological polar surface area (TPSA) is 654 Å². The van der Waals surface area contributed by atoms with Crippen molar-refractivity contribution in [2.24, 2.45) is 11.5 Å². The maximum atomic E-state index is 13.6. The van der Waals surface area contributed by atoms with E-state index in [1.165, 1.54) is 0 Å². The van der Waals surface area contributed by atoms with Gasteiger partial charge in [0.25, 0.3) is 11.6 Å². The summed E-state index contributed by atoms with van der Waals surface area (Å²) in [4.78, 5) is 62.8. The highest BCUT2D eigenvalue weighted by molar-refractivity contribution is 5.76. The molecule has 6 heterocycles. The van der Waals surface area contributed by atoms with Gasteiger partial charge < -0.3 is 175 Å². The highest BCUT2D eigenvalue weighted by atomic mass is 16.8. The lowest BCUT2D eigenvalue weighted by molar-refractivity contribution is -0.404. The van der Waals surface area contributed by atoms with Gasteiger partial charge in [-0.1, -0.05) is 0 Å². The van der Waals surface area contributed by atoms with E-state index in [0.29, 0.717) is 0 Å². The van der Waals surface area contributed by atoms with E-state index in [0.717, 1.165) is 20.8 Å². The Morgan fingerprint density at radius 2 is 0.886 bits per heavy atom. The summed E-state index contributed by atoms with van der Waals surface area (Å²) in [5.41, 5.74) is 12.2. The fourth-order valence-electron chi connectivity index (χ4n) is 10.7. The van der Waals surface area contributed by atoms with Gasteiger partial charge in [-0.15, -0.1) is 0 Å². The maximum absolute atomic E-state index is 13.6. The van der Waals surface area contributed by atoms with Gasteiger partial charge in [0.15, 0.2) is 25.2 Å². The van der Waals surface area contributed by atoms with Gasteiger partial charge >= 0.3 is 23.9 Å². The van der Waals surface area contributed by atoms with Crippen molar-refractivity contribution in [3.05, 3.63) is 0 Å². The van der Waals surface area contributed by atoms with Crippen molar-refractivity contribution in [2.45, 2.75) is 229 Å². The molecule has 6 saturated heterocycles. The number of nitrogens with two attached hydrogens (primary N) is 2. The molecule has 1 amide bonds. The molecule has 6 fully saturated rings. The van der Waals surface area contributed by atoms with E-state index in [1.807, 2.05) is 0 Å². The molecule has 0 unspecified atom stereocenters. The number of esters is 2. The van der Waals surface area contributed by atoms with E-state index in [-0.39, 0.29) is 0 Å². The van der Waals surface area contributed by atoms with Crippen LogP contribution in [-0.2, 0) is 85.6 Å². The quantitative estimate of drug-likeness (QED) is 0.0377. The van der Waals surface area contributed by atoms with Crippen LogP contribution in [0.4, 0.5) is 0 Å². The normalized spacial score (nSPS) is 44.6. The van der Waals surface area contributed by atoms with Gasteiger partial charge in [0, 0.05) is 33.6 Å². The molecule has 0 aromatic rings. The number of hydrogen-bond acceptors (Lipinski definition) is 37. The summed E-state index contributed by atoms with van der Waals surface area (Å²) >= 11 is 0. The Morgan fingerprint density at radius 1 is 0.500 bits per heavy atom. The van der Waals surface area contributed by atoms with E-state index in [9.17, 15) is 121 Å². The zero-order valence-corrected chi connectivity index (χ0v) is 47.0. The maximum Gasteiger partial charge on any atom is 0.364 e. The molecule has 0 radical (unpaired) electrons. The van der Waals surface area contributed by atoms with Crippen LogP contribution in [0, 0.1) is 0 Å². The molecule has 40 heteroatoms. The first-order chi connectivity index (χ1) is 41.2. The molecule has 0 aliphatic carbocycles. The van der Waals surface area contributed by atoms with Gasteiger partial charge in [0.05, 0.1) is 50.7 Å². The Balaban J connectivity index is 1.39. The predicted molar refractivity (Wildman–Crippen MR) is 268 cm³/mol. The standard InChI is InChI=1S/C48H79N3O37/c1-12(56)51-25-38(84-43-32(69)39(29(66)20(7-53)80-43)87-47(45(72)73)4-15(59)23(49)36(85-47)26(63)17(61)10-76-13(2)57)28(65)19(6-52)79-42(25)83-35-22(9-55)81-44(82-34-21(8-54)78-41(71)31(68)30(34)67)33(70)40(35)88-48(46(74)75)5-16(60)24(50)37(86-48)27(64)18(62)11-77-14(3)58/h15-44,52-55,59-71H,4-11,49-50H2,1-3H3,(H,51,56)(H,72,73)(H,74,75)/t15-,16-,17+,18+,19+,20+,21+,22+,23+,24+,25+,26+,27+,28-,29-,30+,31+,32+,33+,34+,35-,36+,37+,38+,39-,40+,41+,42-,43-,44-,47-,48-/m0/s1. The van der Waals surface area contributed by atoms with Crippen molar-refractivity contribution < 1.29 is 183 Å². The molecule has 0 aromatic carbocycles. The Bertz CT molecular complexity index is 2320. The third-order valence-electron chi connectivity index (χ3n) is 15.5. The number of nitrogens with one attached hydrogen (secondary N) is 1. The molecular weight excluding hydrogens is 1210 g/mol. The second kappa shape index (κ2) is 30.7. The molecule has 0 bridgehead atoms. The minimum atomic E-state index is -3.39. The molecule has 6 aliphatic rings. The molecule has 40 nitrogen and oxygen atoms in total. The van der Waals surface area contributed by atoms with Gasteiger partial charge in [-0.2, -0.15) is 0 Å². The van der Waals surface area contributed by atoms with Gasteiger partial charge in [0.2, 0.25) is 5.91 Å². The van der Waals surface area contributed by atoms with Crippen LogP contribution < -0.4 is 16.8 Å². The molecule has 24 N–H and O–H groups in total. The van der Waals surface area contributed by atoms with Crippen LogP contribution in [0.3, 0.4) is 0 Å². The number of aliphatic carboxylic acids is 2. The zero-order chi connectivity index (χ0) is 65.8. The number of amides is 1. The predicted octanol–water partition coefficient (Wildman–Crippen LogP) is -14.5. The van der Waals surface area contributed by atoms with Crippen LogP contribution in [0.25, 0.3) is 0 Å². The van der Waals surface area contributed by atoms with Crippen molar-refractivity contribution in [1.29, 1.82) is 0 Å². The van der Waals surface area contributed by atoms with E-state index in [2.05, 4.69) is 10.1 Å². The summed E-state index contributed by atoms with van der Waals surface area (Å²) in [6.45, 7) is -3.89. The zero-order valence-electron chi connectivity index (χ0n) is 47.0. The fourth-order valence-corrected chi connectivity index (χ4v) is 10.7. The highest BCUT2D eigenvalue weighted by Crippen LogP contribution is 2.42. The second-order valence-electron chi connectivity index (χ2n) is 21.8. The first-order valence-corrected chi connectivity index (χ1v) is 27.3. The molecule has 6 rings (SSSR count). The molecule has 6 aliphatic heterocycles. The Labute approximate surface area is 496 Å². The molecule has 0 saturated carbocycles. The van der Waals surface area contributed by atoms with Crippen molar-refractivity contribution in [3.8, 4) is 0 Å². The van der Waals surface area contributed by atoms with Gasteiger partial charge in [-0.3, -0.25) is 14.4 Å². The smallest absolute Gasteiger partial charge is 0.364 e. The SMILES string of the molecule is CC(=O)N[C@H]1[C@H](O[C@@H]2[C@H](O[C@]3(C(=O)O)C[C@H](O)[C@@H](N)[C@H]([C@H](O)[C@H](O)COC(C)=O)O3)[C@@H](O)[C@H](O[C@H]3[C@H](O)[C@@H](O)[C@H](O)O[C@@H]3CO)O[C@@H]2CO)O[C@H](CO)[C@H](O)[C@@H]1O[C@@H]1O[C@H](CO)[C@H](O)[C@H](O[C@]2(C(=O)O)C[C@H](O)[C@@H](N)[C@H]([C@H](O)[C@H](O)COC(C)=O)O2)[C@H]1O. The van der Waals surface area contributed by atoms with E-state index in [1.54, 1.807) is 0 Å². The van der Waals surface area contributed by atoms with E-state index >= 15 is 0 Å². The molecule has 88 heavy (non-hydrogen) atoms. The Kier molecular flexibility index (Phi) is 25.6. The lowest BCUT2D eigenvalue weighted by Crippen LogP contribution is -2.72. The lowest BCUT2D eigenvalue weighted by Gasteiger charge is -2.52. The molecular formula is C48H79N3O37. The van der Waals surface area contributed by atoms with Crippen LogP contribution >= 0.6 is 0 Å². The van der Waals surface area contributed by atoms with Crippen LogP contribution in [0.2, 0.25) is 0 Å². The first kappa shape index (κ1) is 73.2. The Morgan fingerprint density at radius 3 is 1.32 bits per heavy atom. The minimum Gasteiger partial charge on any atom is -0.477 e. The number of rotatable bonds is 25. The molecule has 0 aromatic heterocycles. The highest BCUT2D eigenvalue weighted by Gasteiger charge is 2.63. The van der Waals surface area contributed by atoms with Crippen LogP contribution in [-0.4, -0.2) is 362 Å². The van der Waals surface area contributed by atoms with Gasteiger partial charge in [0.1, 0.15) is 147 Å². The van der Waals surface area contributed by atoms with Crippen molar-refractivity contribution in [1.82, 2.24) is 5.32 Å². The third-order valence-corrected chi connectivity index (χ3v) is 15.5. The number of hydrogen-bond donors (Lipinski definition) is 22. The summed E-state index contributed by atoms with van der Waals surface area (Å²) in [6, 6.07) is -5.59. The molecule has 32 atom stereocenters. The number of carboxylic acid groups (broad SMARTS) is 2. The average Bonchev–Trinajstić information content (AvgIpc) is 1.64. The van der Waals surface area contributed by atoms with Crippen molar-refractivity contribution in [3.63, 3.8) is 0 Å². The third kappa shape index (κ3) is 16.0. The molecule has 0 spiro atoms. The van der Waals surface area contributed by atoms with Crippen molar-refractivity contribution >= 4 is 29.8 Å². The lowest BCUT2D eigenvalue weighted by atomic mass is 9.88. The number of ether oxygens (including phenoxy) is 13. The number of carbonyl (C=O) groups is 5. The number of carbonyl (C=O) groups excluding carboxylic acids is 3. The fraction of sp³-hybridized carbons (Fsp3) is 0.896. The second-order valence-corrected chi connectivity index (χ2v) is 21.8. The van der Waals surface area contributed by atoms with Crippen LogP contribution in [0.1, 0.15) is 33.6 Å². The number of aliphatic hydroxyl groups excluding tert-OH is 17. The monoisotopic (exact) mass is 1290 g/mol. The minimum absolute atomic E-state index is 0.875. The molecule has 508 valence electrons. The van der Waals surface area contributed by atoms with Crippen LogP contribution in [0.15, 0.2) is 0 Å². The average molecular weight is 1290 g/mol. The van der Waals surface area contributed by atoms with Gasteiger partial charge in [-0.25, -0.2) is 9.59 Å². The van der Waals surface area contributed by atoms with E-state index in [4.69, 9.17) is 68.3 Å². The van der Waals surface area contributed by atoms with Gasteiger partial charge in [-0.05, 0) is 0 Å². The van der Waals surface area contributed by atoms with E-state index < -0.39 is 278 Å². The first-order valence-electron chi connectivity index (χ1n) is 27.3. The van der Waals surface area contributed by atoms with Crippen LogP contribution in [0.5, 0.6) is 0 Å².